The molecule has 0 spiro atoms. The van der Waals surface area contributed by atoms with Gasteiger partial charge in [0.05, 0.1) is 11.9 Å². The van der Waals surface area contributed by atoms with Crippen LogP contribution in [0.25, 0.3) is 0 Å². The van der Waals surface area contributed by atoms with Crippen molar-refractivity contribution in [3.63, 3.8) is 0 Å². The molecule has 1 heterocycles. The molecule has 0 fully saturated rings. The van der Waals surface area contributed by atoms with Crippen molar-refractivity contribution >= 4 is 11.6 Å². The smallest absolute Gasteiger partial charge is 0.224 e. The molecule has 3 heteroatoms. The average Bonchev–Trinajstić information content (AvgIpc) is 2.65. The van der Waals surface area contributed by atoms with Gasteiger partial charge >= 0.3 is 0 Å². The fourth-order valence-electron chi connectivity index (χ4n) is 2.77. The lowest BCUT2D eigenvalue weighted by atomic mass is 10.0. The van der Waals surface area contributed by atoms with Gasteiger partial charge in [-0.25, -0.2) is 0 Å². The quantitative estimate of drug-likeness (QED) is 0.686. The van der Waals surface area contributed by atoms with Crippen LogP contribution in [0.1, 0.15) is 29.5 Å². The predicted molar refractivity (Wildman–Crippen MR) is 101 cm³/mol. The number of aryl methyl sites for hydroxylation is 1. The molecule has 0 aliphatic carbocycles. The Balaban J connectivity index is 1.43. The van der Waals surface area contributed by atoms with Crippen LogP contribution in [0.4, 0.5) is 5.69 Å². The number of pyridine rings is 1. The van der Waals surface area contributed by atoms with E-state index in [0.29, 0.717) is 6.42 Å². The van der Waals surface area contributed by atoms with Crippen molar-refractivity contribution in [1.82, 2.24) is 4.98 Å². The Morgan fingerprint density at radius 1 is 0.840 bits per heavy atom. The Morgan fingerprint density at radius 3 is 2.28 bits per heavy atom. The van der Waals surface area contributed by atoms with Gasteiger partial charge in [0, 0.05) is 12.6 Å². The zero-order valence-corrected chi connectivity index (χ0v) is 14.2. The molecule has 0 aliphatic heterocycles. The molecule has 0 radical (unpaired) electrons. The lowest BCUT2D eigenvalue weighted by Crippen LogP contribution is -2.11. The third-order valence-corrected chi connectivity index (χ3v) is 4.09. The summed E-state index contributed by atoms with van der Waals surface area (Å²) in [6, 6.07) is 22.8. The molecule has 0 atom stereocenters. The van der Waals surface area contributed by atoms with Gasteiger partial charge in [-0.1, -0.05) is 54.6 Å². The second-order valence-corrected chi connectivity index (χ2v) is 6.12. The topological polar surface area (TPSA) is 42.0 Å². The maximum atomic E-state index is 11.9. The molecule has 25 heavy (non-hydrogen) atoms. The van der Waals surface area contributed by atoms with E-state index in [0.717, 1.165) is 24.9 Å². The van der Waals surface area contributed by atoms with Crippen molar-refractivity contribution < 1.29 is 4.79 Å². The number of aromatic nitrogens is 1. The summed E-state index contributed by atoms with van der Waals surface area (Å²) in [5.41, 5.74) is 4.65. The second kappa shape index (κ2) is 8.78. The van der Waals surface area contributed by atoms with Gasteiger partial charge in [-0.2, -0.15) is 0 Å². The number of hydrogen-bond donors (Lipinski definition) is 1. The predicted octanol–water partition coefficient (Wildman–Crippen LogP) is 4.63. The number of hydrogen-bond acceptors (Lipinski definition) is 2. The van der Waals surface area contributed by atoms with E-state index in [1.54, 1.807) is 12.4 Å². The van der Waals surface area contributed by atoms with Crippen molar-refractivity contribution in [3.8, 4) is 0 Å². The molecular weight excluding hydrogens is 308 g/mol. The van der Waals surface area contributed by atoms with E-state index < -0.39 is 0 Å². The largest absolute Gasteiger partial charge is 0.325 e. The Bertz CT molecular complexity index is 783. The number of amides is 1. The second-order valence-electron chi connectivity index (χ2n) is 6.12. The Hall–Kier alpha value is -2.94. The number of nitrogens with zero attached hydrogens (tertiary/aromatic N) is 1. The molecule has 1 aromatic heterocycles. The minimum atomic E-state index is 0.0358. The van der Waals surface area contributed by atoms with Gasteiger partial charge in [0.2, 0.25) is 5.91 Å². The van der Waals surface area contributed by atoms with E-state index in [1.807, 2.05) is 18.2 Å². The highest BCUT2D eigenvalue weighted by Gasteiger charge is 2.03. The summed E-state index contributed by atoms with van der Waals surface area (Å²) in [6.07, 6.45) is 6.56. The van der Waals surface area contributed by atoms with E-state index >= 15 is 0 Å². The average molecular weight is 330 g/mol. The summed E-state index contributed by atoms with van der Waals surface area (Å²) in [5, 5.41) is 2.86. The monoisotopic (exact) mass is 330 g/mol. The van der Waals surface area contributed by atoms with Gasteiger partial charge in [-0.15, -0.1) is 0 Å². The summed E-state index contributed by atoms with van der Waals surface area (Å²) in [5.74, 6) is 0.0358. The van der Waals surface area contributed by atoms with Crippen LogP contribution < -0.4 is 5.32 Å². The van der Waals surface area contributed by atoms with Crippen molar-refractivity contribution in [2.24, 2.45) is 0 Å². The van der Waals surface area contributed by atoms with Crippen LogP contribution in [0.2, 0.25) is 0 Å². The maximum absolute atomic E-state index is 11.9. The van der Waals surface area contributed by atoms with Gasteiger partial charge in [-0.05, 0) is 48.1 Å². The fraction of sp³-hybridized carbons (Fsp3) is 0.182. The summed E-state index contributed by atoms with van der Waals surface area (Å²) >= 11 is 0. The van der Waals surface area contributed by atoms with Crippen molar-refractivity contribution in [2.75, 3.05) is 5.32 Å². The standard InChI is InChI=1S/C22H22N2O/c25-22(24-21-9-5-15-23-17-21)10-4-8-18-11-13-20(14-12-18)16-19-6-2-1-3-7-19/h1-3,5-7,9,11-15,17H,4,8,10,16H2,(H,24,25). The third-order valence-electron chi connectivity index (χ3n) is 4.09. The fourth-order valence-corrected chi connectivity index (χ4v) is 2.77. The first-order chi connectivity index (χ1) is 12.3. The highest BCUT2D eigenvalue weighted by molar-refractivity contribution is 5.90. The first-order valence-electron chi connectivity index (χ1n) is 8.61. The van der Waals surface area contributed by atoms with E-state index in [9.17, 15) is 4.79 Å². The van der Waals surface area contributed by atoms with Crippen LogP contribution in [-0.4, -0.2) is 10.9 Å². The molecule has 0 saturated carbocycles. The van der Waals surface area contributed by atoms with Gasteiger partial charge in [-0.3, -0.25) is 9.78 Å². The minimum Gasteiger partial charge on any atom is -0.325 e. The summed E-state index contributed by atoms with van der Waals surface area (Å²) < 4.78 is 0. The van der Waals surface area contributed by atoms with Crippen LogP contribution in [0, 0.1) is 0 Å². The number of anilines is 1. The molecule has 0 aliphatic rings. The highest BCUT2D eigenvalue weighted by atomic mass is 16.1. The summed E-state index contributed by atoms with van der Waals surface area (Å²) in [4.78, 5) is 15.9. The maximum Gasteiger partial charge on any atom is 0.224 e. The van der Waals surface area contributed by atoms with E-state index in [4.69, 9.17) is 0 Å². The van der Waals surface area contributed by atoms with Gasteiger partial charge < -0.3 is 5.32 Å². The molecular formula is C22H22N2O. The Kier molecular flexibility index (Phi) is 5.94. The minimum absolute atomic E-state index is 0.0358. The van der Waals surface area contributed by atoms with Gasteiger partial charge in [0.1, 0.15) is 0 Å². The number of carbonyl (C=O) groups is 1. The molecule has 3 rings (SSSR count). The number of benzene rings is 2. The third kappa shape index (κ3) is 5.57. The van der Waals surface area contributed by atoms with Gasteiger partial charge in [0.25, 0.3) is 0 Å². The molecule has 3 nitrogen and oxygen atoms in total. The lowest BCUT2D eigenvalue weighted by molar-refractivity contribution is -0.116. The molecule has 0 saturated heterocycles. The molecule has 0 bridgehead atoms. The van der Waals surface area contributed by atoms with Crippen LogP contribution >= 0.6 is 0 Å². The van der Waals surface area contributed by atoms with Gasteiger partial charge in [0.15, 0.2) is 0 Å². The molecule has 126 valence electrons. The molecule has 1 N–H and O–H groups in total. The Labute approximate surface area is 148 Å². The molecule has 2 aromatic carbocycles. The van der Waals surface area contributed by atoms with E-state index in [1.165, 1.54) is 16.7 Å². The molecule has 3 aromatic rings. The number of carbonyl (C=O) groups excluding carboxylic acids is 1. The van der Waals surface area contributed by atoms with Crippen LogP contribution in [0.15, 0.2) is 79.1 Å². The van der Waals surface area contributed by atoms with Crippen LogP contribution in [0.5, 0.6) is 0 Å². The van der Waals surface area contributed by atoms with E-state index in [-0.39, 0.29) is 5.91 Å². The zero-order chi connectivity index (χ0) is 17.3. The molecule has 1 amide bonds. The van der Waals surface area contributed by atoms with Crippen molar-refractivity contribution in [3.05, 3.63) is 95.8 Å². The first-order valence-corrected chi connectivity index (χ1v) is 8.61. The van der Waals surface area contributed by atoms with E-state index in [2.05, 4.69) is 58.8 Å². The SMILES string of the molecule is O=C(CCCc1ccc(Cc2ccccc2)cc1)Nc1cccnc1. The zero-order valence-electron chi connectivity index (χ0n) is 14.2. The normalized spacial score (nSPS) is 10.4. The van der Waals surface area contributed by atoms with Crippen LogP contribution in [0.3, 0.4) is 0 Å². The number of rotatable bonds is 7. The lowest BCUT2D eigenvalue weighted by Gasteiger charge is -2.06. The van der Waals surface area contributed by atoms with Crippen LogP contribution in [-0.2, 0) is 17.6 Å². The van der Waals surface area contributed by atoms with Crippen molar-refractivity contribution in [1.29, 1.82) is 0 Å². The summed E-state index contributed by atoms with van der Waals surface area (Å²) in [6.45, 7) is 0. The van der Waals surface area contributed by atoms with Crippen molar-refractivity contribution in [2.45, 2.75) is 25.7 Å². The molecule has 0 unspecified atom stereocenters. The summed E-state index contributed by atoms with van der Waals surface area (Å²) in [7, 11) is 0. The Morgan fingerprint density at radius 2 is 1.56 bits per heavy atom. The first kappa shape index (κ1) is 16.9. The highest BCUT2D eigenvalue weighted by Crippen LogP contribution is 2.13. The number of nitrogens with one attached hydrogen (secondary N) is 1.